The van der Waals surface area contributed by atoms with Crippen LogP contribution in [0, 0.1) is 5.92 Å². The average Bonchev–Trinajstić information content (AvgIpc) is 2.77. The van der Waals surface area contributed by atoms with Crippen molar-refractivity contribution in [2.75, 3.05) is 52.4 Å². The molecule has 2 aliphatic heterocycles. The van der Waals surface area contributed by atoms with Gasteiger partial charge >= 0.3 is 0 Å². The summed E-state index contributed by atoms with van der Waals surface area (Å²) in [6.45, 7) is 8.71. The normalized spacial score (nSPS) is 22.3. The maximum Gasteiger partial charge on any atom is 0.227 e. The highest BCUT2D eigenvalue weighted by atomic mass is 16.3. The van der Waals surface area contributed by atoms with Crippen molar-refractivity contribution in [3.05, 3.63) is 35.9 Å². The highest BCUT2D eigenvalue weighted by Crippen LogP contribution is 2.25. The van der Waals surface area contributed by atoms with Crippen LogP contribution in [0.4, 0.5) is 0 Å². The Labute approximate surface area is 170 Å². The third kappa shape index (κ3) is 5.79. The number of aliphatic hydroxyl groups excluding tert-OH is 1. The van der Waals surface area contributed by atoms with Crippen molar-refractivity contribution in [3.8, 4) is 0 Å². The Hall–Kier alpha value is -1.43. The van der Waals surface area contributed by atoms with Gasteiger partial charge in [0.05, 0.1) is 12.5 Å². The van der Waals surface area contributed by atoms with Crippen LogP contribution < -0.4 is 0 Å². The van der Waals surface area contributed by atoms with Crippen molar-refractivity contribution >= 4 is 5.91 Å². The van der Waals surface area contributed by atoms with Crippen LogP contribution >= 0.6 is 0 Å². The molecular formula is C23H37N3O2. The second-order valence-corrected chi connectivity index (χ2v) is 8.28. The summed E-state index contributed by atoms with van der Waals surface area (Å²) in [5.41, 5.74) is 1.42. The minimum absolute atomic E-state index is 0.0530. The molecular weight excluding hydrogens is 350 g/mol. The van der Waals surface area contributed by atoms with Crippen molar-refractivity contribution < 1.29 is 9.90 Å². The quantitative estimate of drug-likeness (QED) is 0.743. The number of likely N-dealkylation sites (tertiary alicyclic amines) is 2. The molecule has 2 aliphatic rings. The number of hydrogen-bond donors (Lipinski definition) is 1. The monoisotopic (exact) mass is 387 g/mol. The Balaban J connectivity index is 1.44. The molecule has 0 spiro atoms. The number of benzene rings is 1. The fraction of sp³-hybridized carbons (Fsp3) is 0.696. The van der Waals surface area contributed by atoms with E-state index in [9.17, 15) is 9.90 Å². The lowest BCUT2D eigenvalue weighted by molar-refractivity contribution is -0.138. The molecule has 0 aromatic heterocycles. The summed E-state index contributed by atoms with van der Waals surface area (Å²) < 4.78 is 0. The maximum absolute atomic E-state index is 12.8. The molecule has 0 radical (unpaired) electrons. The van der Waals surface area contributed by atoms with Crippen molar-refractivity contribution in [1.82, 2.24) is 14.7 Å². The number of carbonyl (C=O) groups is 1. The van der Waals surface area contributed by atoms with Gasteiger partial charge in [-0.1, -0.05) is 30.3 Å². The van der Waals surface area contributed by atoms with Crippen LogP contribution in [-0.2, 0) is 11.2 Å². The summed E-state index contributed by atoms with van der Waals surface area (Å²) in [7, 11) is 0. The van der Waals surface area contributed by atoms with Gasteiger partial charge in [0.2, 0.25) is 5.91 Å². The number of hydrogen-bond acceptors (Lipinski definition) is 4. The summed E-state index contributed by atoms with van der Waals surface area (Å²) in [5, 5.41) is 9.20. The summed E-state index contributed by atoms with van der Waals surface area (Å²) >= 11 is 0. The largest absolute Gasteiger partial charge is 0.395 e. The lowest BCUT2D eigenvalue weighted by Crippen LogP contribution is -2.51. The minimum Gasteiger partial charge on any atom is -0.395 e. The zero-order chi connectivity index (χ0) is 19.8. The molecule has 1 atom stereocenters. The van der Waals surface area contributed by atoms with Gasteiger partial charge in [-0.3, -0.25) is 9.69 Å². The van der Waals surface area contributed by atoms with Gasteiger partial charge in [0, 0.05) is 32.2 Å². The van der Waals surface area contributed by atoms with E-state index >= 15 is 0 Å². The van der Waals surface area contributed by atoms with Gasteiger partial charge < -0.3 is 14.9 Å². The van der Waals surface area contributed by atoms with E-state index in [1.807, 2.05) is 11.8 Å². The van der Waals surface area contributed by atoms with Crippen molar-refractivity contribution in [2.24, 2.45) is 5.92 Å². The van der Waals surface area contributed by atoms with Crippen LogP contribution in [0.15, 0.2) is 30.3 Å². The molecule has 2 fully saturated rings. The van der Waals surface area contributed by atoms with E-state index in [1.54, 1.807) is 0 Å². The Morgan fingerprint density at radius 3 is 2.57 bits per heavy atom. The number of nitrogens with zero attached hydrogens (tertiary/aromatic N) is 3. The Morgan fingerprint density at radius 1 is 1.14 bits per heavy atom. The predicted molar refractivity (Wildman–Crippen MR) is 113 cm³/mol. The van der Waals surface area contributed by atoms with Crippen LogP contribution in [0.5, 0.6) is 0 Å². The standard InChI is InChI=1S/C23H37N3O2/c1-2-25(17-18-27)23(28)21-9-6-13-26(19-21)22-11-15-24(16-12-22)14-10-20-7-4-3-5-8-20/h3-5,7-8,21-22,27H,2,6,9-19H2,1H3/t21-/m0/s1. The van der Waals surface area contributed by atoms with Crippen LogP contribution in [0.25, 0.3) is 0 Å². The van der Waals surface area contributed by atoms with E-state index in [1.165, 1.54) is 18.4 Å². The molecule has 1 aromatic carbocycles. The summed E-state index contributed by atoms with van der Waals surface area (Å²) in [5.74, 6) is 0.345. The first kappa shape index (κ1) is 21.3. The number of rotatable bonds is 8. The topological polar surface area (TPSA) is 47.0 Å². The molecule has 5 nitrogen and oxygen atoms in total. The first-order chi connectivity index (χ1) is 13.7. The van der Waals surface area contributed by atoms with Crippen molar-refractivity contribution in [3.63, 3.8) is 0 Å². The first-order valence-corrected chi connectivity index (χ1v) is 11.1. The molecule has 1 aromatic rings. The van der Waals surface area contributed by atoms with E-state index in [4.69, 9.17) is 0 Å². The van der Waals surface area contributed by atoms with Gasteiger partial charge in [0.15, 0.2) is 0 Å². The third-order valence-corrected chi connectivity index (χ3v) is 6.50. The zero-order valence-corrected chi connectivity index (χ0v) is 17.4. The molecule has 1 N–H and O–H groups in total. The maximum atomic E-state index is 12.8. The van der Waals surface area contributed by atoms with E-state index in [-0.39, 0.29) is 18.4 Å². The number of aliphatic hydroxyl groups is 1. The molecule has 28 heavy (non-hydrogen) atoms. The fourth-order valence-electron chi connectivity index (χ4n) is 4.78. The lowest BCUT2D eigenvalue weighted by Gasteiger charge is -2.42. The highest BCUT2D eigenvalue weighted by molar-refractivity contribution is 5.79. The zero-order valence-electron chi connectivity index (χ0n) is 17.4. The van der Waals surface area contributed by atoms with Gasteiger partial charge in [-0.2, -0.15) is 0 Å². The SMILES string of the molecule is CCN(CCO)C(=O)[C@H]1CCCN(C2CCN(CCc3ccccc3)CC2)C1. The van der Waals surface area contributed by atoms with Crippen LogP contribution in [0.3, 0.4) is 0 Å². The van der Waals surface area contributed by atoms with Crippen molar-refractivity contribution in [2.45, 2.75) is 45.1 Å². The highest BCUT2D eigenvalue weighted by Gasteiger charge is 2.33. The second kappa shape index (κ2) is 10.9. The molecule has 2 saturated heterocycles. The Morgan fingerprint density at radius 2 is 1.89 bits per heavy atom. The number of carbonyl (C=O) groups excluding carboxylic acids is 1. The smallest absolute Gasteiger partial charge is 0.227 e. The molecule has 0 unspecified atom stereocenters. The van der Waals surface area contributed by atoms with E-state index in [0.717, 1.165) is 52.0 Å². The second-order valence-electron chi connectivity index (χ2n) is 8.28. The van der Waals surface area contributed by atoms with E-state index in [2.05, 4.69) is 40.1 Å². The van der Waals surface area contributed by atoms with Gasteiger partial charge in [0.1, 0.15) is 0 Å². The van der Waals surface area contributed by atoms with Crippen LogP contribution in [0.1, 0.15) is 38.2 Å². The summed E-state index contributed by atoms with van der Waals surface area (Å²) in [4.78, 5) is 19.8. The van der Waals surface area contributed by atoms with E-state index in [0.29, 0.717) is 19.1 Å². The lowest BCUT2D eigenvalue weighted by atomic mass is 9.92. The summed E-state index contributed by atoms with van der Waals surface area (Å²) in [6, 6.07) is 11.4. The molecule has 0 aliphatic carbocycles. The molecule has 5 heteroatoms. The number of amides is 1. The number of piperidine rings is 2. The third-order valence-electron chi connectivity index (χ3n) is 6.50. The first-order valence-electron chi connectivity index (χ1n) is 11.1. The molecule has 0 bridgehead atoms. The minimum atomic E-state index is 0.0530. The van der Waals surface area contributed by atoms with Crippen LogP contribution in [-0.4, -0.2) is 84.2 Å². The fourth-order valence-corrected chi connectivity index (χ4v) is 4.78. The molecule has 2 heterocycles. The Bertz CT molecular complexity index is 587. The number of likely N-dealkylation sites (N-methyl/N-ethyl adjacent to an activating group) is 1. The van der Waals surface area contributed by atoms with Gasteiger partial charge in [-0.05, 0) is 64.2 Å². The summed E-state index contributed by atoms with van der Waals surface area (Å²) in [6.07, 6.45) is 5.66. The molecule has 1 amide bonds. The molecule has 3 rings (SSSR count). The van der Waals surface area contributed by atoms with E-state index < -0.39 is 0 Å². The predicted octanol–water partition coefficient (Wildman–Crippen LogP) is 2.25. The van der Waals surface area contributed by atoms with Gasteiger partial charge in [-0.15, -0.1) is 0 Å². The van der Waals surface area contributed by atoms with Gasteiger partial charge in [-0.25, -0.2) is 0 Å². The van der Waals surface area contributed by atoms with Crippen molar-refractivity contribution in [1.29, 1.82) is 0 Å². The van der Waals surface area contributed by atoms with Gasteiger partial charge in [0.25, 0.3) is 0 Å². The average molecular weight is 388 g/mol. The Kier molecular flexibility index (Phi) is 8.31. The van der Waals surface area contributed by atoms with Crippen LogP contribution in [0.2, 0.25) is 0 Å². The molecule has 156 valence electrons. The molecule has 0 saturated carbocycles.